The first-order chi connectivity index (χ1) is 13.7. The monoisotopic (exact) mass is 380 g/mol. The Labute approximate surface area is 166 Å². The van der Waals surface area contributed by atoms with E-state index < -0.39 is 0 Å². The fraction of sp³-hybridized carbons (Fsp3) is 0.409. The van der Waals surface area contributed by atoms with Crippen molar-refractivity contribution in [2.45, 2.75) is 38.7 Å². The van der Waals surface area contributed by atoms with E-state index >= 15 is 0 Å². The summed E-state index contributed by atoms with van der Waals surface area (Å²) in [6, 6.07) is 0. The minimum atomic E-state index is -0.00522. The quantitative estimate of drug-likeness (QED) is 0.678. The molecule has 1 unspecified atom stereocenters. The average molecular weight is 380 g/mol. The molecule has 0 aromatic carbocycles. The molecule has 0 saturated heterocycles. The average Bonchev–Trinajstić information content (AvgIpc) is 2.93. The van der Waals surface area contributed by atoms with Gasteiger partial charge in [-0.1, -0.05) is 30.4 Å². The first-order valence-electron chi connectivity index (χ1n) is 9.85. The lowest BCUT2D eigenvalue weighted by atomic mass is 9.99. The summed E-state index contributed by atoms with van der Waals surface area (Å²) in [5.41, 5.74) is 3.27. The zero-order valence-corrected chi connectivity index (χ0v) is 16.4. The van der Waals surface area contributed by atoms with Gasteiger partial charge < -0.3 is 15.4 Å². The third kappa shape index (κ3) is 6.16. The Hall–Kier alpha value is -2.73. The molecule has 3 aliphatic rings. The van der Waals surface area contributed by atoms with Gasteiger partial charge >= 0.3 is 0 Å². The number of rotatable bonds is 0. The van der Waals surface area contributed by atoms with Gasteiger partial charge in [0, 0.05) is 36.7 Å². The summed E-state index contributed by atoms with van der Waals surface area (Å²) in [4.78, 5) is 21.0. The predicted molar refractivity (Wildman–Crippen MR) is 113 cm³/mol. The molecule has 1 aliphatic carbocycles. The Balaban J connectivity index is 1.94. The summed E-state index contributed by atoms with van der Waals surface area (Å²) >= 11 is 0. The van der Waals surface area contributed by atoms with Crippen molar-refractivity contribution in [3.8, 4) is 0 Å². The van der Waals surface area contributed by atoms with Gasteiger partial charge in [0.1, 0.15) is 5.84 Å². The van der Waals surface area contributed by atoms with E-state index in [0.29, 0.717) is 26.1 Å². The molecular weight excluding hydrogens is 352 g/mol. The second-order valence-electron chi connectivity index (χ2n) is 6.86. The predicted octanol–water partition coefficient (Wildman–Crippen LogP) is 2.97. The first kappa shape index (κ1) is 20.0. The Bertz CT molecular complexity index is 784. The summed E-state index contributed by atoms with van der Waals surface area (Å²) in [5, 5.41) is 6.32. The Morgan fingerprint density at radius 2 is 2.18 bits per heavy atom. The molecule has 28 heavy (non-hydrogen) atoms. The summed E-state index contributed by atoms with van der Waals surface area (Å²) in [5.74, 6) is 0.778. The molecule has 4 bridgehead atoms. The van der Waals surface area contributed by atoms with E-state index in [9.17, 15) is 4.79 Å². The SMILES string of the molecule is CC1=C2C=N/C=C/C/C=C/C(=NCCNC(=O)CCOC3C=CC=C2CC3)N1. The number of hydrogen-bond donors (Lipinski definition) is 2. The molecule has 6 heteroatoms. The zero-order valence-electron chi connectivity index (χ0n) is 16.4. The zero-order chi connectivity index (χ0) is 19.6. The number of hydrogen-bond acceptors (Lipinski definition) is 5. The lowest BCUT2D eigenvalue weighted by Gasteiger charge is -2.17. The van der Waals surface area contributed by atoms with Crippen LogP contribution >= 0.6 is 0 Å². The number of allylic oxidation sites excluding steroid dienone is 7. The number of carbonyl (C=O) groups excluding carboxylic acids is 1. The smallest absolute Gasteiger partial charge is 0.222 e. The molecule has 0 saturated carbocycles. The third-order valence-electron chi connectivity index (χ3n) is 4.71. The number of fused-ring (bicyclic) bond motifs is 6. The van der Waals surface area contributed by atoms with Crippen molar-refractivity contribution in [3.63, 3.8) is 0 Å². The van der Waals surface area contributed by atoms with E-state index in [4.69, 9.17) is 4.74 Å². The highest BCUT2D eigenvalue weighted by Crippen LogP contribution is 2.23. The van der Waals surface area contributed by atoms with Crippen LogP contribution in [-0.4, -0.2) is 43.8 Å². The fourth-order valence-electron chi connectivity index (χ4n) is 3.21. The van der Waals surface area contributed by atoms with Crippen molar-refractivity contribution < 1.29 is 9.53 Å². The van der Waals surface area contributed by atoms with Crippen LogP contribution < -0.4 is 10.6 Å². The van der Waals surface area contributed by atoms with Crippen LogP contribution in [0, 0.1) is 0 Å². The molecule has 0 radical (unpaired) electrons. The molecule has 0 aromatic heterocycles. The van der Waals surface area contributed by atoms with E-state index in [1.807, 2.05) is 43.6 Å². The highest BCUT2D eigenvalue weighted by molar-refractivity contribution is 5.96. The maximum absolute atomic E-state index is 12.0. The van der Waals surface area contributed by atoms with Gasteiger partial charge in [-0.3, -0.25) is 14.8 Å². The molecule has 2 heterocycles. The Morgan fingerprint density at radius 3 is 3.11 bits per heavy atom. The van der Waals surface area contributed by atoms with Gasteiger partial charge in [0.25, 0.3) is 0 Å². The molecule has 1 atom stereocenters. The van der Waals surface area contributed by atoms with Crippen LogP contribution in [0.3, 0.4) is 0 Å². The third-order valence-corrected chi connectivity index (χ3v) is 4.71. The van der Waals surface area contributed by atoms with Crippen LogP contribution in [0.1, 0.15) is 32.6 Å². The second-order valence-corrected chi connectivity index (χ2v) is 6.86. The van der Waals surface area contributed by atoms with Crippen LogP contribution in [0.25, 0.3) is 0 Å². The number of nitrogens with zero attached hydrogens (tertiary/aromatic N) is 2. The lowest BCUT2D eigenvalue weighted by molar-refractivity contribution is -0.122. The molecule has 6 nitrogen and oxygen atoms in total. The van der Waals surface area contributed by atoms with E-state index in [1.54, 1.807) is 0 Å². The molecule has 3 rings (SSSR count). The van der Waals surface area contributed by atoms with Gasteiger partial charge in [0.2, 0.25) is 5.91 Å². The highest BCUT2D eigenvalue weighted by Gasteiger charge is 2.15. The molecule has 1 amide bonds. The number of nitrogens with one attached hydrogen (secondary N) is 2. The van der Waals surface area contributed by atoms with Crippen molar-refractivity contribution in [3.05, 3.63) is 59.5 Å². The summed E-state index contributed by atoms with van der Waals surface area (Å²) < 4.78 is 5.89. The van der Waals surface area contributed by atoms with E-state index in [1.165, 1.54) is 5.57 Å². The minimum absolute atomic E-state index is 0.00522. The summed E-state index contributed by atoms with van der Waals surface area (Å²) in [6.45, 7) is 3.48. The number of amidine groups is 1. The lowest BCUT2D eigenvalue weighted by Crippen LogP contribution is -2.29. The minimum Gasteiger partial charge on any atom is -0.374 e. The van der Waals surface area contributed by atoms with Crippen molar-refractivity contribution in [2.75, 3.05) is 19.7 Å². The van der Waals surface area contributed by atoms with Crippen molar-refractivity contribution >= 4 is 18.0 Å². The van der Waals surface area contributed by atoms with Crippen LogP contribution in [0.15, 0.2) is 69.5 Å². The van der Waals surface area contributed by atoms with Crippen LogP contribution in [0.5, 0.6) is 0 Å². The van der Waals surface area contributed by atoms with Crippen molar-refractivity contribution in [2.24, 2.45) is 9.98 Å². The summed E-state index contributed by atoms with van der Waals surface area (Å²) in [6.07, 6.45) is 18.9. The molecule has 0 spiro atoms. The molecule has 148 valence electrons. The number of carbonyl (C=O) groups is 1. The first-order valence-corrected chi connectivity index (χ1v) is 9.85. The molecule has 0 fully saturated rings. The van der Waals surface area contributed by atoms with E-state index in [0.717, 1.165) is 36.4 Å². The maximum atomic E-state index is 12.0. The van der Waals surface area contributed by atoms with E-state index in [-0.39, 0.29) is 12.0 Å². The Morgan fingerprint density at radius 1 is 1.25 bits per heavy atom. The largest absolute Gasteiger partial charge is 0.374 e. The van der Waals surface area contributed by atoms with E-state index in [2.05, 4.69) is 32.8 Å². The molecule has 2 aliphatic heterocycles. The number of amides is 1. The normalized spacial score (nSPS) is 26.5. The van der Waals surface area contributed by atoms with Crippen molar-refractivity contribution in [1.29, 1.82) is 0 Å². The van der Waals surface area contributed by atoms with Crippen molar-refractivity contribution in [1.82, 2.24) is 10.6 Å². The standard InChI is InChI=1S/C22H28N4O2/c1-17-20-16-23-12-4-2-3-8-21(26-17)24-13-14-25-22(27)11-15-28-19-7-5-6-18(20)9-10-19/h3-8,12,16,19H,2,9-11,13-15H2,1H3,(H,24,26)(H,25,27)/b8-3+,12-4+,20-17?,23-16?. The highest BCUT2D eigenvalue weighted by atomic mass is 16.5. The molecular formula is C22H28N4O2. The molecule has 2 N–H and O–H groups in total. The van der Waals surface area contributed by atoms with Crippen LogP contribution in [-0.2, 0) is 9.53 Å². The topological polar surface area (TPSA) is 75.1 Å². The van der Waals surface area contributed by atoms with Crippen LogP contribution in [0.4, 0.5) is 0 Å². The van der Waals surface area contributed by atoms with Gasteiger partial charge in [-0.15, -0.1) is 0 Å². The van der Waals surface area contributed by atoms with Gasteiger partial charge in [0.15, 0.2) is 0 Å². The van der Waals surface area contributed by atoms with Gasteiger partial charge in [0.05, 0.1) is 19.3 Å². The fourth-order valence-corrected chi connectivity index (χ4v) is 3.21. The second kappa shape index (κ2) is 10.6. The van der Waals surface area contributed by atoms with Gasteiger partial charge in [-0.25, -0.2) is 0 Å². The Kier molecular flexibility index (Phi) is 7.55. The van der Waals surface area contributed by atoms with Gasteiger partial charge in [-0.2, -0.15) is 0 Å². The van der Waals surface area contributed by atoms with Crippen LogP contribution in [0.2, 0.25) is 0 Å². The number of aliphatic imine (C=N–C) groups is 2. The number of ether oxygens (including phenoxy) is 1. The molecule has 0 aromatic rings. The summed E-state index contributed by atoms with van der Waals surface area (Å²) in [7, 11) is 0. The van der Waals surface area contributed by atoms with Gasteiger partial charge in [-0.05, 0) is 37.8 Å². The maximum Gasteiger partial charge on any atom is 0.222 e.